The largest absolute Gasteiger partial charge is 0.497 e. The monoisotopic (exact) mass is 454 g/mol. The predicted octanol–water partition coefficient (Wildman–Crippen LogP) is 4.46. The van der Waals surface area contributed by atoms with E-state index in [9.17, 15) is 0 Å². The zero-order valence-electron chi connectivity index (χ0n) is 16.9. The Morgan fingerprint density at radius 2 is 1.55 bits per heavy atom. The van der Waals surface area contributed by atoms with Crippen molar-refractivity contribution in [1.29, 1.82) is 0 Å². The number of benzene rings is 2. The highest BCUT2D eigenvalue weighted by Gasteiger charge is 2.22. The molecule has 1 aliphatic heterocycles. The number of anilines is 2. The summed E-state index contributed by atoms with van der Waals surface area (Å²) in [5.74, 6) is 1.70. The summed E-state index contributed by atoms with van der Waals surface area (Å²) >= 11 is 12.2. The minimum atomic E-state index is 0.571. The average Bonchev–Trinajstić information content (AvgIpc) is 3.25. The van der Waals surface area contributed by atoms with Crippen molar-refractivity contribution >= 4 is 45.7 Å². The molecule has 0 amide bonds. The Hall–Kier alpha value is -3.03. The Morgan fingerprint density at radius 1 is 0.839 bits per heavy atom. The van der Waals surface area contributed by atoms with Gasteiger partial charge in [-0.25, -0.2) is 14.6 Å². The van der Waals surface area contributed by atoms with Crippen molar-refractivity contribution in [3.63, 3.8) is 0 Å². The van der Waals surface area contributed by atoms with Crippen LogP contribution in [0.5, 0.6) is 5.75 Å². The Morgan fingerprint density at radius 3 is 2.26 bits per heavy atom. The number of hydrogen-bond donors (Lipinski definition) is 0. The first-order valence-corrected chi connectivity index (χ1v) is 10.7. The molecule has 9 heteroatoms. The SMILES string of the molecule is COc1ccc(-n2ncc3c(N4CCN(c5ccc(Cl)c(Cl)c5)CC4)ncnc32)cc1. The topological polar surface area (TPSA) is 59.3 Å². The molecule has 0 N–H and O–H groups in total. The first-order valence-electron chi connectivity index (χ1n) is 9.92. The third-order valence-corrected chi connectivity index (χ3v) is 6.25. The van der Waals surface area contributed by atoms with Crippen LogP contribution in [0, 0.1) is 0 Å². The lowest BCUT2D eigenvalue weighted by Gasteiger charge is -2.37. The Kier molecular flexibility index (Phi) is 5.29. The normalized spacial score (nSPS) is 14.3. The van der Waals surface area contributed by atoms with E-state index in [1.165, 1.54) is 0 Å². The minimum absolute atomic E-state index is 0.571. The van der Waals surface area contributed by atoms with Crippen LogP contribution in [-0.2, 0) is 0 Å². The van der Waals surface area contributed by atoms with Crippen LogP contribution in [-0.4, -0.2) is 53.0 Å². The van der Waals surface area contributed by atoms with Gasteiger partial charge in [0.2, 0.25) is 0 Å². The molecule has 2 aromatic heterocycles. The summed E-state index contributed by atoms with van der Waals surface area (Å²) in [4.78, 5) is 13.6. The maximum atomic E-state index is 6.19. The van der Waals surface area contributed by atoms with Crippen LogP contribution in [0.1, 0.15) is 0 Å². The number of ether oxygens (including phenoxy) is 1. The van der Waals surface area contributed by atoms with Crippen LogP contribution in [0.3, 0.4) is 0 Å². The molecule has 1 aliphatic rings. The third-order valence-electron chi connectivity index (χ3n) is 5.51. The lowest BCUT2D eigenvalue weighted by atomic mass is 10.2. The van der Waals surface area contributed by atoms with Gasteiger partial charge in [-0.05, 0) is 42.5 Å². The van der Waals surface area contributed by atoms with E-state index in [2.05, 4.69) is 24.9 Å². The molecule has 0 spiro atoms. The molecular weight excluding hydrogens is 435 g/mol. The van der Waals surface area contributed by atoms with E-state index in [4.69, 9.17) is 27.9 Å². The van der Waals surface area contributed by atoms with E-state index < -0.39 is 0 Å². The molecule has 0 radical (unpaired) electrons. The van der Waals surface area contributed by atoms with Gasteiger partial charge in [0.05, 0.1) is 34.4 Å². The second-order valence-corrected chi connectivity index (χ2v) is 8.08. The van der Waals surface area contributed by atoms with E-state index in [-0.39, 0.29) is 0 Å². The lowest BCUT2D eigenvalue weighted by molar-refractivity contribution is 0.414. The molecule has 4 aromatic rings. The van der Waals surface area contributed by atoms with Crippen LogP contribution < -0.4 is 14.5 Å². The first-order chi connectivity index (χ1) is 15.1. The fourth-order valence-electron chi connectivity index (χ4n) is 3.85. The maximum Gasteiger partial charge on any atom is 0.168 e. The molecule has 1 fully saturated rings. The van der Waals surface area contributed by atoms with Gasteiger partial charge in [-0.2, -0.15) is 5.10 Å². The smallest absolute Gasteiger partial charge is 0.168 e. The molecule has 1 saturated heterocycles. The minimum Gasteiger partial charge on any atom is -0.497 e. The average molecular weight is 455 g/mol. The number of halogens is 2. The first kappa shape index (κ1) is 19.9. The summed E-state index contributed by atoms with van der Waals surface area (Å²) < 4.78 is 7.07. The van der Waals surface area contributed by atoms with Gasteiger partial charge in [0.1, 0.15) is 17.9 Å². The molecular formula is C22H20Cl2N6O. The molecule has 3 heterocycles. The fourth-order valence-corrected chi connectivity index (χ4v) is 4.15. The van der Waals surface area contributed by atoms with Gasteiger partial charge in [-0.1, -0.05) is 23.2 Å². The van der Waals surface area contributed by atoms with Gasteiger partial charge in [-0.15, -0.1) is 0 Å². The summed E-state index contributed by atoms with van der Waals surface area (Å²) in [5.41, 5.74) is 2.78. The maximum absolute atomic E-state index is 6.19. The van der Waals surface area contributed by atoms with Crippen molar-refractivity contribution in [2.24, 2.45) is 0 Å². The van der Waals surface area contributed by atoms with Gasteiger partial charge in [-0.3, -0.25) is 0 Å². The van der Waals surface area contributed by atoms with Gasteiger partial charge in [0.25, 0.3) is 0 Å². The number of fused-ring (bicyclic) bond motifs is 1. The molecule has 0 saturated carbocycles. The third kappa shape index (κ3) is 3.75. The molecule has 0 atom stereocenters. The highest BCUT2D eigenvalue weighted by Crippen LogP contribution is 2.30. The van der Waals surface area contributed by atoms with Gasteiger partial charge >= 0.3 is 0 Å². The zero-order valence-corrected chi connectivity index (χ0v) is 18.4. The quantitative estimate of drug-likeness (QED) is 0.453. The molecule has 158 valence electrons. The molecule has 0 unspecified atom stereocenters. The molecule has 5 rings (SSSR count). The lowest BCUT2D eigenvalue weighted by Crippen LogP contribution is -2.46. The number of aromatic nitrogens is 4. The second-order valence-electron chi connectivity index (χ2n) is 7.26. The van der Waals surface area contributed by atoms with E-state index in [0.717, 1.165) is 60.2 Å². The van der Waals surface area contributed by atoms with Gasteiger partial charge in [0.15, 0.2) is 5.65 Å². The summed E-state index contributed by atoms with van der Waals surface area (Å²) in [7, 11) is 1.65. The number of rotatable bonds is 4. The Bertz CT molecular complexity index is 1220. The van der Waals surface area contributed by atoms with E-state index >= 15 is 0 Å². The molecule has 0 bridgehead atoms. The number of hydrogen-bond acceptors (Lipinski definition) is 6. The Balaban J connectivity index is 1.38. The summed E-state index contributed by atoms with van der Waals surface area (Å²) in [6.45, 7) is 3.38. The van der Waals surface area contributed by atoms with Crippen molar-refractivity contribution in [1.82, 2.24) is 19.7 Å². The van der Waals surface area contributed by atoms with Gasteiger partial charge in [0, 0.05) is 31.9 Å². The van der Waals surface area contributed by atoms with Crippen molar-refractivity contribution in [3.8, 4) is 11.4 Å². The van der Waals surface area contributed by atoms with Crippen molar-refractivity contribution in [2.45, 2.75) is 0 Å². The van der Waals surface area contributed by atoms with Crippen molar-refractivity contribution in [2.75, 3.05) is 43.1 Å². The number of methoxy groups -OCH3 is 1. The molecule has 2 aromatic carbocycles. The van der Waals surface area contributed by atoms with Crippen molar-refractivity contribution in [3.05, 3.63) is 65.0 Å². The van der Waals surface area contributed by atoms with Crippen LogP contribution >= 0.6 is 23.2 Å². The van der Waals surface area contributed by atoms with Crippen LogP contribution in [0.4, 0.5) is 11.5 Å². The summed E-state index contributed by atoms with van der Waals surface area (Å²) in [6, 6.07) is 13.5. The number of nitrogens with zero attached hydrogens (tertiary/aromatic N) is 6. The van der Waals surface area contributed by atoms with Crippen molar-refractivity contribution < 1.29 is 4.74 Å². The number of piperazine rings is 1. The Labute approximate surface area is 189 Å². The summed E-state index contributed by atoms with van der Waals surface area (Å²) in [5, 5.41) is 6.64. The van der Waals surface area contributed by atoms with E-state index in [0.29, 0.717) is 10.0 Å². The van der Waals surface area contributed by atoms with E-state index in [1.54, 1.807) is 13.4 Å². The highest BCUT2D eigenvalue weighted by molar-refractivity contribution is 6.42. The van der Waals surface area contributed by atoms with E-state index in [1.807, 2.05) is 53.3 Å². The second kappa shape index (κ2) is 8.24. The molecule has 0 aliphatic carbocycles. The fraction of sp³-hybridized carbons (Fsp3) is 0.227. The molecule has 31 heavy (non-hydrogen) atoms. The van der Waals surface area contributed by atoms with Gasteiger partial charge < -0.3 is 14.5 Å². The highest BCUT2D eigenvalue weighted by atomic mass is 35.5. The molecule has 7 nitrogen and oxygen atoms in total. The zero-order chi connectivity index (χ0) is 21.4. The summed E-state index contributed by atoms with van der Waals surface area (Å²) in [6.07, 6.45) is 3.44. The van der Waals surface area contributed by atoms with Crippen LogP contribution in [0.25, 0.3) is 16.7 Å². The van der Waals surface area contributed by atoms with Crippen LogP contribution in [0.2, 0.25) is 10.0 Å². The van der Waals surface area contributed by atoms with Crippen LogP contribution in [0.15, 0.2) is 55.0 Å². The predicted molar refractivity (Wildman–Crippen MR) is 124 cm³/mol. The standard InChI is InChI=1S/C22H20Cl2N6O/c1-31-17-5-2-15(3-6-17)30-22-18(13-27-30)21(25-14-26-22)29-10-8-28(9-11-29)16-4-7-19(23)20(24)12-16/h2-7,12-14H,8-11H2,1H3.